The van der Waals surface area contributed by atoms with Gasteiger partial charge in [0.1, 0.15) is 0 Å². The number of carbonyl (C=O) groups excluding carboxylic acids is 1. The Balaban J connectivity index is 1.65. The number of ether oxygens (including phenoxy) is 2. The molecule has 3 aromatic rings. The van der Waals surface area contributed by atoms with Crippen molar-refractivity contribution in [1.29, 1.82) is 0 Å². The zero-order valence-electron chi connectivity index (χ0n) is 15.8. The largest absolute Gasteiger partial charge is 0.493 e. The van der Waals surface area contributed by atoms with Crippen molar-refractivity contribution in [1.82, 2.24) is 4.98 Å². The molecule has 3 rings (SSSR count). The van der Waals surface area contributed by atoms with Crippen LogP contribution in [0.3, 0.4) is 0 Å². The highest BCUT2D eigenvalue weighted by atomic mass is 32.1. The SMILES string of the molecule is COc1ccccc1OCC(=O)Nc1nc(-c2cc(C)c(C)cc2C)cs1. The van der Waals surface area contributed by atoms with Gasteiger partial charge in [0.2, 0.25) is 0 Å². The number of aromatic nitrogens is 1. The lowest BCUT2D eigenvalue weighted by Gasteiger charge is -2.09. The van der Waals surface area contributed by atoms with Gasteiger partial charge in [0.15, 0.2) is 23.2 Å². The number of nitrogens with zero attached hydrogens (tertiary/aromatic N) is 1. The van der Waals surface area contributed by atoms with E-state index in [9.17, 15) is 4.79 Å². The lowest BCUT2D eigenvalue weighted by molar-refractivity contribution is -0.118. The van der Waals surface area contributed by atoms with Gasteiger partial charge in [-0.2, -0.15) is 0 Å². The molecule has 0 unspecified atom stereocenters. The van der Waals surface area contributed by atoms with Crippen LogP contribution in [0.1, 0.15) is 16.7 Å². The molecule has 5 nitrogen and oxygen atoms in total. The molecule has 1 heterocycles. The van der Waals surface area contributed by atoms with Crippen molar-refractivity contribution >= 4 is 22.4 Å². The number of para-hydroxylation sites is 2. The predicted octanol–water partition coefficient (Wildman–Crippen LogP) is 4.76. The van der Waals surface area contributed by atoms with Crippen LogP contribution < -0.4 is 14.8 Å². The number of carbonyl (C=O) groups is 1. The average molecular weight is 382 g/mol. The Morgan fingerprint density at radius 3 is 2.52 bits per heavy atom. The summed E-state index contributed by atoms with van der Waals surface area (Å²) in [6.45, 7) is 6.14. The van der Waals surface area contributed by atoms with Gasteiger partial charge >= 0.3 is 0 Å². The molecule has 1 N–H and O–H groups in total. The maximum atomic E-state index is 12.2. The molecular weight excluding hydrogens is 360 g/mol. The minimum Gasteiger partial charge on any atom is -0.493 e. The van der Waals surface area contributed by atoms with Crippen LogP contribution in [0.2, 0.25) is 0 Å². The van der Waals surface area contributed by atoms with E-state index in [0.717, 1.165) is 11.3 Å². The Labute approximate surface area is 163 Å². The summed E-state index contributed by atoms with van der Waals surface area (Å²) < 4.78 is 10.8. The van der Waals surface area contributed by atoms with E-state index in [0.29, 0.717) is 16.6 Å². The predicted molar refractivity (Wildman–Crippen MR) is 109 cm³/mol. The molecule has 0 aliphatic rings. The highest BCUT2D eigenvalue weighted by Gasteiger charge is 2.12. The van der Waals surface area contributed by atoms with E-state index >= 15 is 0 Å². The quantitative estimate of drug-likeness (QED) is 0.668. The third-order valence-electron chi connectivity index (χ3n) is 4.30. The second-order valence-electron chi connectivity index (χ2n) is 6.28. The number of anilines is 1. The number of nitrogens with one attached hydrogen (secondary N) is 1. The second kappa shape index (κ2) is 8.22. The molecule has 0 aliphatic carbocycles. The maximum absolute atomic E-state index is 12.2. The van der Waals surface area contributed by atoms with Gasteiger partial charge in [-0.25, -0.2) is 4.98 Å². The molecule has 0 aliphatic heterocycles. The van der Waals surface area contributed by atoms with Crippen molar-refractivity contribution in [3.05, 3.63) is 58.5 Å². The number of thiazole rings is 1. The number of rotatable bonds is 6. The Kier molecular flexibility index (Phi) is 5.76. The van der Waals surface area contributed by atoms with Gasteiger partial charge in [0, 0.05) is 10.9 Å². The summed E-state index contributed by atoms with van der Waals surface area (Å²) in [4.78, 5) is 16.7. The van der Waals surface area contributed by atoms with E-state index in [1.54, 1.807) is 19.2 Å². The third kappa shape index (κ3) is 4.46. The molecule has 1 aromatic heterocycles. The van der Waals surface area contributed by atoms with Gasteiger partial charge < -0.3 is 9.47 Å². The van der Waals surface area contributed by atoms with E-state index in [4.69, 9.17) is 9.47 Å². The average Bonchev–Trinajstić information content (AvgIpc) is 3.11. The molecular formula is C21H22N2O3S. The van der Waals surface area contributed by atoms with Crippen molar-refractivity contribution in [2.45, 2.75) is 20.8 Å². The van der Waals surface area contributed by atoms with Crippen molar-refractivity contribution in [2.75, 3.05) is 19.0 Å². The van der Waals surface area contributed by atoms with E-state index < -0.39 is 0 Å². The minimum atomic E-state index is -0.265. The number of hydrogen-bond donors (Lipinski definition) is 1. The van der Waals surface area contributed by atoms with E-state index in [2.05, 4.69) is 43.2 Å². The first-order valence-corrected chi connectivity index (χ1v) is 9.45. The molecule has 2 aromatic carbocycles. The van der Waals surface area contributed by atoms with Crippen LogP contribution in [-0.2, 0) is 4.79 Å². The van der Waals surface area contributed by atoms with Crippen LogP contribution in [0.4, 0.5) is 5.13 Å². The van der Waals surface area contributed by atoms with Crippen LogP contribution in [-0.4, -0.2) is 24.6 Å². The Morgan fingerprint density at radius 2 is 1.78 bits per heavy atom. The molecule has 0 fully saturated rings. The van der Waals surface area contributed by atoms with Gasteiger partial charge in [-0.1, -0.05) is 18.2 Å². The molecule has 27 heavy (non-hydrogen) atoms. The van der Waals surface area contributed by atoms with Gasteiger partial charge in [-0.05, 0) is 55.7 Å². The third-order valence-corrected chi connectivity index (χ3v) is 5.05. The van der Waals surface area contributed by atoms with Crippen LogP contribution in [0.15, 0.2) is 41.8 Å². The molecule has 0 bridgehead atoms. The van der Waals surface area contributed by atoms with Gasteiger partial charge in [0.25, 0.3) is 5.91 Å². The van der Waals surface area contributed by atoms with Gasteiger partial charge in [0.05, 0.1) is 12.8 Å². The smallest absolute Gasteiger partial charge is 0.264 e. The Bertz CT molecular complexity index is 966. The molecule has 0 radical (unpaired) electrons. The Hall–Kier alpha value is -2.86. The molecule has 0 spiro atoms. The van der Waals surface area contributed by atoms with Gasteiger partial charge in [-0.3, -0.25) is 10.1 Å². The molecule has 6 heteroatoms. The first-order chi connectivity index (χ1) is 13.0. The molecule has 1 amide bonds. The zero-order chi connectivity index (χ0) is 19.4. The van der Waals surface area contributed by atoms with Crippen LogP contribution in [0.25, 0.3) is 11.3 Å². The summed E-state index contributed by atoms with van der Waals surface area (Å²) in [5.41, 5.74) is 5.59. The summed E-state index contributed by atoms with van der Waals surface area (Å²) in [6.07, 6.45) is 0. The van der Waals surface area contributed by atoms with E-state index in [-0.39, 0.29) is 12.5 Å². The normalized spacial score (nSPS) is 10.5. The van der Waals surface area contributed by atoms with Crippen molar-refractivity contribution in [2.24, 2.45) is 0 Å². The van der Waals surface area contributed by atoms with Crippen LogP contribution >= 0.6 is 11.3 Å². The van der Waals surface area contributed by atoms with Crippen molar-refractivity contribution < 1.29 is 14.3 Å². The lowest BCUT2D eigenvalue weighted by atomic mass is 9.99. The number of aryl methyl sites for hydroxylation is 3. The number of amides is 1. The highest BCUT2D eigenvalue weighted by Crippen LogP contribution is 2.30. The fraction of sp³-hybridized carbons (Fsp3) is 0.238. The first-order valence-electron chi connectivity index (χ1n) is 8.57. The van der Waals surface area contributed by atoms with Crippen molar-refractivity contribution in [3.63, 3.8) is 0 Å². The summed E-state index contributed by atoms with van der Waals surface area (Å²) in [6, 6.07) is 11.5. The summed E-state index contributed by atoms with van der Waals surface area (Å²) >= 11 is 1.40. The standard InChI is InChI=1S/C21H22N2O3S/c1-13-9-15(3)16(10-14(13)2)17-12-27-21(22-17)23-20(24)11-26-19-8-6-5-7-18(19)25-4/h5-10,12H,11H2,1-4H3,(H,22,23,24). The lowest BCUT2D eigenvalue weighted by Crippen LogP contribution is -2.20. The molecule has 0 saturated carbocycles. The Morgan fingerprint density at radius 1 is 1.07 bits per heavy atom. The fourth-order valence-electron chi connectivity index (χ4n) is 2.73. The van der Waals surface area contributed by atoms with Crippen molar-refractivity contribution in [3.8, 4) is 22.8 Å². The maximum Gasteiger partial charge on any atom is 0.264 e. The summed E-state index contributed by atoms with van der Waals surface area (Å²) in [5.74, 6) is 0.853. The topological polar surface area (TPSA) is 60.5 Å². The summed E-state index contributed by atoms with van der Waals surface area (Å²) in [5, 5.41) is 5.29. The zero-order valence-corrected chi connectivity index (χ0v) is 16.6. The molecule has 140 valence electrons. The minimum absolute atomic E-state index is 0.113. The molecule has 0 atom stereocenters. The first kappa shape index (κ1) is 18.9. The summed E-state index contributed by atoms with van der Waals surface area (Å²) in [7, 11) is 1.56. The van der Waals surface area contributed by atoms with Crippen LogP contribution in [0.5, 0.6) is 11.5 Å². The number of hydrogen-bond acceptors (Lipinski definition) is 5. The van der Waals surface area contributed by atoms with Crippen LogP contribution in [0, 0.1) is 20.8 Å². The van der Waals surface area contributed by atoms with E-state index in [1.807, 2.05) is 17.5 Å². The fourth-order valence-corrected chi connectivity index (χ4v) is 3.45. The monoisotopic (exact) mass is 382 g/mol. The second-order valence-corrected chi connectivity index (χ2v) is 7.14. The number of methoxy groups -OCH3 is 1. The number of benzene rings is 2. The molecule has 0 saturated heterocycles. The highest BCUT2D eigenvalue weighted by molar-refractivity contribution is 7.14. The van der Waals surface area contributed by atoms with E-state index in [1.165, 1.54) is 28.0 Å². The van der Waals surface area contributed by atoms with Gasteiger partial charge in [-0.15, -0.1) is 11.3 Å².